The van der Waals surface area contributed by atoms with E-state index in [4.69, 9.17) is 10.9 Å². The lowest BCUT2D eigenvalue weighted by Crippen LogP contribution is -2.29. The SMILES string of the molecule is CC1(C)C=CC(C(=O)O)=CC1N=CNN. The fourth-order valence-electron chi connectivity index (χ4n) is 1.34. The molecule has 0 fully saturated rings. The predicted molar refractivity (Wildman–Crippen MR) is 58.2 cm³/mol. The van der Waals surface area contributed by atoms with Crippen LogP contribution in [-0.4, -0.2) is 23.5 Å². The topological polar surface area (TPSA) is 87.7 Å². The number of nitrogens with two attached hydrogens (primary N) is 1. The molecule has 0 aromatic rings. The Morgan fingerprint density at radius 1 is 1.73 bits per heavy atom. The predicted octanol–water partition coefficient (Wildman–Crippen LogP) is 0.454. The summed E-state index contributed by atoms with van der Waals surface area (Å²) in [5, 5.41) is 8.84. The monoisotopic (exact) mass is 209 g/mol. The molecule has 0 heterocycles. The number of hydrogen-bond acceptors (Lipinski definition) is 3. The van der Waals surface area contributed by atoms with Crippen molar-refractivity contribution in [2.24, 2.45) is 16.3 Å². The van der Waals surface area contributed by atoms with E-state index in [-0.39, 0.29) is 17.0 Å². The normalized spacial score (nSPS) is 23.9. The van der Waals surface area contributed by atoms with Gasteiger partial charge in [0, 0.05) is 5.41 Å². The molecular formula is C10H15N3O2. The standard InChI is InChI=1S/C10H15N3O2/c1-10(2)4-3-7(9(14)15)5-8(10)12-6-13-11/h3-6,8H,11H2,1-2H3,(H,12,13)(H,14,15). The molecule has 4 N–H and O–H groups in total. The van der Waals surface area contributed by atoms with Crippen LogP contribution in [0.2, 0.25) is 0 Å². The number of carbonyl (C=O) groups is 1. The molecule has 0 aliphatic heterocycles. The minimum absolute atomic E-state index is 0.202. The molecular weight excluding hydrogens is 194 g/mol. The van der Waals surface area contributed by atoms with Crippen molar-refractivity contribution in [3.05, 3.63) is 23.8 Å². The molecule has 1 unspecified atom stereocenters. The molecule has 0 aromatic heterocycles. The third kappa shape index (κ3) is 2.66. The first kappa shape index (κ1) is 11.5. The van der Waals surface area contributed by atoms with Gasteiger partial charge < -0.3 is 10.5 Å². The van der Waals surface area contributed by atoms with Gasteiger partial charge in [0.1, 0.15) is 0 Å². The van der Waals surface area contributed by atoms with Crippen LogP contribution in [0.1, 0.15) is 13.8 Å². The lowest BCUT2D eigenvalue weighted by molar-refractivity contribution is -0.132. The number of nitrogens with zero attached hydrogens (tertiary/aromatic N) is 1. The molecule has 1 aliphatic rings. The molecule has 5 heteroatoms. The Labute approximate surface area is 88.3 Å². The summed E-state index contributed by atoms with van der Waals surface area (Å²) in [6.45, 7) is 3.97. The van der Waals surface area contributed by atoms with Gasteiger partial charge >= 0.3 is 5.97 Å². The Kier molecular flexibility index (Phi) is 3.26. The Morgan fingerprint density at radius 2 is 2.40 bits per heavy atom. The zero-order valence-electron chi connectivity index (χ0n) is 8.77. The maximum Gasteiger partial charge on any atom is 0.335 e. The number of rotatable bonds is 3. The molecule has 82 valence electrons. The van der Waals surface area contributed by atoms with E-state index in [1.165, 1.54) is 6.34 Å². The van der Waals surface area contributed by atoms with Crippen molar-refractivity contribution >= 4 is 12.3 Å². The Bertz CT molecular complexity index is 343. The van der Waals surface area contributed by atoms with E-state index in [1.807, 2.05) is 19.9 Å². The van der Waals surface area contributed by atoms with E-state index < -0.39 is 5.97 Å². The molecule has 0 bridgehead atoms. The number of carboxylic acid groups (broad SMARTS) is 1. The summed E-state index contributed by atoms with van der Waals surface area (Å²) in [6.07, 6.45) is 6.43. The summed E-state index contributed by atoms with van der Waals surface area (Å²) in [6, 6.07) is -0.218. The Morgan fingerprint density at radius 3 is 2.93 bits per heavy atom. The van der Waals surface area contributed by atoms with Crippen LogP contribution >= 0.6 is 0 Å². The molecule has 0 radical (unpaired) electrons. The van der Waals surface area contributed by atoms with Gasteiger partial charge in [-0.2, -0.15) is 0 Å². The van der Waals surface area contributed by atoms with E-state index >= 15 is 0 Å². The van der Waals surface area contributed by atoms with Crippen LogP contribution in [0, 0.1) is 5.41 Å². The molecule has 0 saturated heterocycles. The zero-order valence-corrected chi connectivity index (χ0v) is 8.77. The first-order valence-corrected chi connectivity index (χ1v) is 4.59. The van der Waals surface area contributed by atoms with Gasteiger partial charge in [0.2, 0.25) is 0 Å². The van der Waals surface area contributed by atoms with Gasteiger partial charge in [-0.1, -0.05) is 26.0 Å². The highest BCUT2D eigenvalue weighted by Crippen LogP contribution is 2.31. The summed E-state index contributed by atoms with van der Waals surface area (Å²) >= 11 is 0. The van der Waals surface area contributed by atoms with Crippen molar-refractivity contribution in [3.63, 3.8) is 0 Å². The van der Waals surface area contributed by atoms with Gasteiger partial charge in [0.05, 0.1) is 18.0 Å². The highest BCUT2D eigenvalue weighted by atomic mass is 16.4. The van der Waals surface area contributed by atoms with Crippen molar-refractivity contribution in [1.82, 2.24) is 5.43 Å². The molecule has 0 spiro atoms. The summed E-state index contributed by atoms with van der Waals surface area (Å²) in [5.41, 5.74) is 2.36. The maximum atomic E-state index is 10.8. The van der Waals surface area contributed by atoms with Crippen molar-refractivity contribution in [2.45, 2.75) is 19.9 Å². The summed E-state index contributed by atoms with van der Waals surface area (Å²) < 4.78 is 0. The third-order valence-electron chi connectivity index (χ3n) is 2.35. The number of aliphatic imine (C=N–C) groups is 1. The average Bonchev–Trinajstić information content (AvgIpc) is 2.15. The summed E-state index contributed by atoms with van der Waals surface area (Å²) in [4.78, 5) is 14.9. The highest BCUT2D eigenvalue weighted by molar-refractivity contribution is 5.90. The molecule has 5 nitrogen and oxygen atoms in total. The molecule has 1 aliphatic carbocycles. The summed E-state index contributed by atoms with van der Waals surface area (Å²) in [7, 11) is 0. The number of carboxylic acids is 1. The van der Waals surface area contributed by atoms with Crippen LogP contribution in [0.15, 0.2) is 28.8 Å². The largest absolute Gasteiger partial charge is 0.478 e. The second-order valence-electron chi connectivity index (χ2n) is 3.97. The second kappa shape index (κ2) is 4.27. The van der Waals surface area contributed by atoms with Crippen molar-refractivity contribution < 1.29 is 9.90 Å². The molecule has 0 aromatic carbocycles. The molecule has 1 rings (SSSR count). The van der Waals surface area contributed by atoms with Crippen LogP contribution < -0.4 is 11.3 Å². The highest BCUT2D eigenvalue weighted by Gasteiger charge is 2.28. The van der Waals surface area contributed by atoms with Gasteiger partial charge in [0.25, 0.3) is 0 Å². The van der Waals surface area contributed by atoms with E-state index in [1.54, 1.807) is 12.2 Å². The van der Waals surface area contributed by atoms with Gasteiger partial charge in [-0.3, -0.25) is 4.99 Å². The fraction of sp³-hybridized carbons (Fsp3) is 0.400. The van der Waals surface area contributed by atoms with Crippen molar-refractivity contribution in [3.8, 4) is 0 Å². The number of hydrogen-bond donors (Lipinski definition) is 3. The van der Waals surface area contributed by atoms with Crippen LogP contribution in [0.5, 0.6) is 0 Å². The number of hydrazine groups is 1. The first-order valence-electron chi connectivity index (χ1n) is 4.59. The lowest BCUT2D eigenvalue weighted by atomic mass is 9.80. The van der Waals surface area contributed by atoms with Crippen LogP contribution in [0.25, 0.3) is 0 Å². The van der Waals surface area contributed by atoms with Gasteiger partial charge in [-0.05, 0) is 6.08 Å². The summed E-state index contributed by atoms with van der Waals surface area (Å²) in [5.74, 6) is 4.13. The smallest absolute Gasteiger partial charge is 0.335 e. The minimum atomic E-state index is -0.942. The number of aliphatic carboxylic acids is 1. The molecule has 15 heavy (non-hydrogen) atoms. The minimum Gasteiger partial charge on any atom is -0.478 e. The van der Waals surface area contributed by atoms with E-state index in [0.29, 0.717) is 0 Å². The van der Waals surface area contributed by atoms with Crippen molar-refractivity contribution in [2.75, 3.05) is 0 Å². The Balaban J connectivity index is 2.95. The van der Waals surface area contributed by atoms with E-state index in [2.05, 4.69) is 10.4 Å². The Hall–Kier alpha value is -1.62. The quantitative estimate of drug-likeness (QED) is 0.272. The van der Waals surface area contributed by atoms with Gasteiger partial charge in [-0.25, -0.2) is 10.6 Å². The van der Waals surface area contributed by atoms with Gasteiger partial charge in [-0.15, -0.1) is 0 Å². The van der Waals surface area contributed by atoms with Crippen molar-refractivity contribution in [1.29, 1.82) is 0 Å². The average molecular weight is 209 g/mol. The van der Waals surface area contributed by atoms with Gasteiger partial charge in [0.15, 0.2) is 0 Å². The zero-order chi connectivity index (χ0) is 11.5. The van der Waals surface area contributed by atoms with E-state index in [0.717, 1.165) is 0 Å². The molecule has 1 atom stereocenters. The number of nitrogens with one attached hydrogen (secondary N) is 1. The van der Waals surface area contributed by atoms with Crippen LogP contribution in [-0.2, 0) is 4.79 Å². The maximum absolute atomic E-state index is 10.8. The second-order valence-corrected chi connectivity index (χ2v) is 3.97. The first-order chi connectivity index (χ1) is 6.97. The lowest BCUT2D eigenvalue weighted by Gasteiger charge is -2.29. The van der Waals surface area contributed by atoms with Crippen LogP contribution in [0.4, 0.5) is 0 Å². The van der Waals surface area contributed by atoms with Crippen LogP contribution in [0.3, 0.4) is 0 Å². The molecule has 0 saturated carbocycles. The fourth-order valence-corrected chi connectivity index (χ4v) is 1.34. The third-order valence-corrected chi connectivity index (χ3v) is 2.35. The molecule has 0 amide bonds. The van der Waals surface area contributed by atoms with E-state index in [9.17, 15) is 4.79 Å².